The van der Waals surface area contributed by atoms with Gasteiger partial charge in [-0.05, 0) is 98.1 Å². The first kappa shape index (κ1) is 31.3. The molecule has 56 heavy (non-hydrogen) atoms. The van der Waals surface area contributed by atoms with Crippen molar-refractivity contribution in [2.75, 3.05) is 4.90 Å². The number of rotatable bonds is 2. The van der Waals surface area contributed by atoms with Crippen LogP contribution in [0.5, 0.6) is 0 Å². The molecule has 1 aliphatic carbocycles. The summed E-state index contributed by atoms with van der Waals surface area (Å²) < 4.78 is 1.96. The highest BCUT2D eigenvalue weighted by Crippen LogP contribution is 2.62. The van der Waals surface area contributed by atoms with Gasteiger partial charge in [-0.2, -0.15) is 0 Å². The van der Waals surface area contributed by atoms with E-state index in [9.17, 15) is 4.79 Å². The van der Waals surface area contributed by atoms with Gasteiger partial charge in [0.25, 0.3) is 5.56 Å². The number of hydrogen-bond acceptors (Lipinski definition) is 3. The van der Waals surface area contributed by atoms with E-state index in [0.717, 1.165) is 61.3 Å². The highest BCUT2D eigenvalue weighted by atomic mass is 16.1. The van der Waals surface area contributed by atoms with Crippen molar-refractivity contribution in [3.63, 3.8) is 0 Å². The Morgan fingerprint density at radius 3 is 2.00 bits per heavy atom. The van der Waals surface area contributed by atoms with E-state index < -0.39 is 5.41 Å². The molecule has 1 unspecified atom stereocenters. The predicted octanol–water partition coefficient (Wildman–Crippen LogP) is 12.0. The molecule has 12 rings (SSSR count). The van der Waals surface area contributed by atoms with E-state index in [0.29, 0.717) is 5.39 Å². The van der Waals surface area contributed by atoms with Crippen molar-refractivity contribution in [1.82, 2.24) is 9.55 Å². The van der Waals surface area contributed by atoms with Crippen LogP contribution in [0, 0.1) is 0 Å². The van der Waals surface area contributed by atoms with Crippen molar-refractivity contribution in [2.24, 2.45) is 0 Å². The molecule has 4 heterocycles. The van der Waals surface area contributed by atoms with E-state index in [2.05, 4.69) is 181 Å². The summed E-state index contributed by atoms with van der Waals surface area (Å²) in [7, 11) is 0. The molecule has 264 valence electrons. The molecule has 3 aliphatic rings. The molecule has 4 nitrogen and oxygen atoms in total. The van der Waals surface area contributed by atoms with Crippen LogP contribution in [-0.4, -0.2) is 9.55 Å². The molecule has 1 atom stereocenters. The molecular weight excluding hydrogens is 683 g/mol. The highest BCUT2D eigenvalue weighted by molar-refractivity contribution is 6.09. The molecule has 0 bridgehead atoms. The lowest BCUT2D eigenvalue weighted by atomic mass is 9.60. The molecule has 0 saturated carbocycles. The van der Waals surface area contributed by atoms with Crippen molar-refractivity contribution in [3.05, 3.63) is 220 Å². The molecule has 0 fully saturated rings. The van der Waals surface area contributed by atoms with Crippen LogP contribution in [0.2, 0.25) is 0 Å². The van der Waals surface area contributed by atoms with E-state index >= 15 is 0 Å². The normalized spacial score (nSPS) is 16.6. The zero-order chi connectivity index (χ0) is 37.3. The topological polar surface area (TPSA) is 38.1 Å². The number of para-hydroxylation sites is 3. The maximum atomic E-state index is 14.7. The second-order valence-corrected chi connectivity index (χ2v) is 15.9. The molecule has 2 aliphatic heterocycles. The first-order valence-electron chi connectivity index (χ1n) is 19.3. The first-order valence-corrected chi connectivity index (χ1v) is 19.3. The van der Waals surface area contributed by atoms with Gasteiger partial charge in [0.15, 0.2) is 0 Å². The Bertz CT molecular complexity index is 3210. The largest absolute Gasteiger partial charge is 0.310 e. The molecule has 1 spiro atoms. The molecule has 7 aromatic carbocycles. The number of nitrogens with zero attached hydrogens (tertiary/aromatic N) is 3. The van der Waals surface area contributed by atoms with Gasteiger partial charge in [0.1, 0.15) is 0 Å². The smallest absolute Gasteiger partial charge is 0.263 e. The lowest BCUT2D eigenvalue weighted by Crippen LogP contribution is -2.42. The van der Waals surface area contributed by atoms with Crippen molar-refractivity contribution >= 4 is 38.7 Å². The van der Waals surface area contributed by atoms with Crippen molar-refractivity contribution in [3.8, 4) is 27.9 Å². The molecule has 0 amide bonds. The predicted molar refractivity (Wildman–Crippen MR) is 228 cm³/mol. The van der Waals surface area contributed by atoms with Crippen molar-refractivity contribution < 1.29 is 0 Å². The lowest BCUT2D eigenvalue weighted by Gasteiger charge is -2.49. The summed E-state index contributed by atoms with van der Waals surface area (Å²) in [6, 6.07) is 59.4. The van der Waals surface area contributed by atoms with E-state index in [1.54, 1.807) is 6.20 Å². The third-order valence-electron chi connectivity index (χ3n) is 12.9. The SMILES string of the molecule is CC1(C)c2ccccc2-c2ccc(N3c4ccccc4C4(c5cc(-c6ccccc6)ccc53)c3ccccc3-n3c(=O)c5ccncc5c5cccc4c53)cc21. The molecule has 9 aromatic rings. The average Bonchev–Trinajstić information content (AvgIpc) is 3.48. The van der Waals surface area contributed by atoms with Gasteiger partial charge < -0.3 is 4.90 Å². The van der Waals surface area contributed by atoms with Crippen LogP contribution in [0.3, 0.4) is 0 Å². The summed E-state index contributed by atoms with van der Waals surface area (Å²) in [6.45, 7) is 4.69. The van der Waals surface area contributed by atoms with Gasteiger partial charge in [0.05, 0.1) is 33.4 Å². The van der Waals surface area contributed by atoms with Crippen LogP contribution in [0.25, 0.3) is 49.6 Å². The first-order chi connectivity index (χ1) is 27.5. The van der Waals surface area contributed by atoms with Crippen LogP contribution < -0.4 is 10.5 Å². The van der Waals surface area contributed by atoms with Gasteiger partial charge in [-0.3, -0.25) is 14.3 Å². The third kappa shape index (κ3) is 3.83. The van der Waals surface area contributed by atoms with E-state index in [4.69, 9.17) is 0 Å². The summed E-state index contributed by atoms with van der Waals surface area (Å²) in [6.07, 6.45) is 3.56. The number of fused-ring (bicyclic) bond motifs is 13. The Kier molecular flexibility index (Phi) is 6.16. The van der Waals surface area contributed by atoms with E-state index in [1.165, 1.54) is 33.4 Å². The van der Waals surface area contributed by atoms with Crippen molar-refractivity contribution in [1.29, 1.82) is 0 Å². The minimum Gasteiger partial charge on any atom is -0.310 e. The van der Waals surface area contributed by atoms with Gasteiger partial charge in [-0.15, -0.1) is 0 Å². The Labute approximate surface area is 324 Å². The van der Waals surface area contributed by atoms with E-state index in [-0.39, 0.29) is 11.0 Å². The number of hydrogen-bond donors (Lipinski definition) is 0. The lowest BCUT2D eigenvalue weighted by molar-refractivity contribution is 0.660. The van der Waals surface area contributed by atoms with Gasteiger partial charge in [-0.25, -0.2) is 0 Å². The zero-order valence-corrected chi connectivity index (χ0v) is 31.0. The van der Waals surface area contributed by atoms with Crippen LogP contribution in [-0.2, 0) is 10.8 Å². The molecule has 2 aromatic heterocycles. The maximum absolute atomic E-state index is 14.7. The van der Waals surface area contributed by atoms with Crippen LogP contribution in [0.1, 0.15) is 47.2 Å². The summed E-state index contributed by atoms with van der Waals surface area (Å²) in [5.74, 6) is 0. The second-order valence-electron chi connectivity index (χ2n) is 15.9. The van der Waals surface area contributed by atoms with Crippen LogP contribution in [0.4, 0.5) is 17.1 Å². The fourth-order valence-corrected chi connectivity index (χ4v) is 10.5. The highest BCUT2D eigenvalue weighted by Gasteiger charge is 2.51. The van der Waals surface area contributed by atoms with Gasteiger partial charge in [0, 0.05) is 34.3 Å². The monoisotopic (exact) mass is 717 g/mol. The quantitative estimate of drug-likeness (QED) is 0.167. The van der Waals surface area contributed by atoms with Crippen LogP contribution in [0.15, 0.2) is 181 Å². The minimum atomic E-state index is -0.766. The summed E-state index contributed by atoms with van der Waals surface area (Å²) in [4.78, 5) is 21.7. The molecule has 0 radical (unpaired) electrons. The van der Waals surface area contributed by atoms with Crippen molar-refractivity contribution in [2.45, 2.75) is 24.7 Å². The van der Waals surface area contributed by atoms with Crippen LogP contribution >= 0.6 is 0 Å². The summed E-state index contributed by atoms with van der Waals surface area (Å²) >= 11 is 0. The third-order valence-corrected chi connectivity index (χ3v) is 12.9. The Morgan fingerprint density at radius 1 is 0.482 bits per heavy atom. The van der Waals surface area contributed by atoms with Gasteiger partial charge in [-0.1, -0.05) is 135 Å². The fourth-order valence-electron chi connectivity index (χ4n) is 10.5. The second kappa shape index (κ2) is 11.0. The Morgan fingerprint density at radius 2 is 1.16 bits per heavy atom. The number of benzene rings is 7. The molecule has 0 saturated heterocycles. The minimum absolute atomic E-state index is 0.0321. The van der Waals surface area contributed by atoms with E-state index in [1.807, 2.05) is 16.8 Å². The number of aromatic nitrogens is 2. The summed E-state index contributed by atoms with van der Waals surface area (Å²) in [5, 5.41) is 2.55. The zero-order valence-electron chi connectivity index (χ0n) is 31.0. The number of pyridine rings is 2. The van der Waals surface area contributed by atoms with Gasteiger partial charge in [0.2, 0.25) is 0 Å². The number of anilines is 3. The Hall–Kier alpha value is -7.04. The molecule has 4 heteroatoms. The molecular formula is C52H35N3O. The summed E-state index contributed by atoms with van der Waals surface area (Å²) in [5.41, 5.74) is 16.3. The van der Waals surface area contributed by atoms with Gasteiger partial charge >= 0.3 is 0 Å². The standard InChI is InChI=1S/C52H35N3O/c1-51(2)40-17-7-6-15-35(40)36-25-24-34(30-44(36)51)54-46-21-10-8-18-41(46)52(45-29-33(23-26-48(45)54)32-13-4-3-5-14-32)42-19-9-11-22-47(42)55-49-37(16-12-20-43(49)52)39-31-53-28-27-38(39)50(55)56/h3-31H,1-2H3. The Balaban J connectivity index is 1.23. The molecule has 0 N–H and O–H groups in total. The fraction of sp³-hybridized carbons (Fsp3) is 0.0769. The maximum Gasteiger partial charge on any atom is 0.263 e. The average molecular weight is 718 g/mol.